The molecule has 0 aliphatic heterocycles. The molecule has 4 N–H and O–H groups in total. The molecule has 12 heavy (non-hydrogen) atoms. The number of nitrogens with one attached hydrogen (secondary N) is 1. The molecule has 0 amide bonds. The second-order valence-corrected chi connectivity index (χ2v) is 2.79. The van der Waals surface area contributed by atoms with Gasteiger partial charge in [0, 0.05) is 10.6 Å². The van der Waals surface area contributed by atoms with Crippen molar-refractivity contribution in [1.82, 2.24) is 0 Å². The van der Waals surface area contributed by atoms with Gasteiger partial charge in [0.2, 0.25) is 0 Å². The molecular weight excluding hydrogens is 176 g/mol. The largest absolute Gasteiger partial charge is 0.385 e. The monoisotopic (exact) mass is 184 g/mol. The number of hydrogen-bond donors (Lipinski definition) is 3. The highest BCUT2D eigenvalue weighted by Gasteiger charge is 2.12. The Bertz CT molecular complexity index is 301. The summed E-state index contributed by atoms with van der Waals surface area (Å²) in [6, 6.07) is 6.75. The number of amidine groups is 1. The maximum atomic E-state index is 9.34. The molecule has 0 aliphatic carbocycles. The molecule has 1 rings (SSSR count). The summed E-state index contributed by atoms with van der Waals surface area (Å²) in [7, 11) is 0. The third-order valence-electron chi connectivity index (χ3n) is 1.49. The number of benzene rings is 1. The SMILES string of the molecule is N=C(N)C(O)c1ccccc1Cl. The van der Waals surface area contributed by atoms with Crippen LogP contribution in [0.15, 0.2) is 24.3 Å². The van der Waals surface area contributed by atoms with Crippen LogP contribution in [0.5, 0.6) is 0 Å². The van der Waals surface area contributed by atoms with E-state index < -0.39 is 6.10 Å². The lowest BCUT2D eigenvalue weighted by Crippen LogP contribution is -2.20. The van der Waals surface area contributed by atoms with Crippen LogP contribution < -0.4 is 5.73 Å². The van der Waals surface area contributed by atoms with E-state index in [-0.39, 0.29) is 5.84 Å². The van der Waals surface area contributed by atoms with Crippen molar-refractivity contribution in [2.75, 3.05) is 0 Å². The van der Waals surface area contributed by atoms with Gasteiger partial charge >= 0.3 is 0 Å². The van der Waals surface area contributed by atoms with Gasteiger partial charge in [-0.05, 0) is 6.07 Å². The lowest BCUT2D eigenvalue weighted by atomic mass is 10.1. The first-order valence-corrected chi connectivity index (χ1v) is 3.77. The molecule has 0 aliphatic rings. The Balaban J connectivity index is 3.02. The molecule has 64 valence electrons. The van der Waals surface area contributed by atoms with E-state index in [0.29, 0.717) is 10.6 Å². The van der Waals surface area contributed by atoms with Gasteiger partial charge in [0.05, 0.1) is 0 Å². The number of aliphatic hydroxyl groups is 1. The van der Waals surface area contributed by atoms with Crippen LogP contribution in [-0.2, 0) is 0 Å². The van der Waals surface area contributed by atoms with E-state index in [9.17, 15) is 5.11 Å². The minimum atomic E-state index is -1.10. The van der Waals surface area contributed by atoms with E-state index in [1.54, 1.807) is 24.3 Å². The molecule has 0 aromatic heterocycles. The summed E-state index contributed by atoms with van der Waals surface area (Å²) in [5, 5.41) is 16.8. The van der Waals surface area contributed by atoms with Crippen LogP contribution in [0.4, 0.5) is 0 Å². The second kappa shape index (κ2) is 3.56. The topological polar surface area (TPSA) is 70.1 Å². The van der Waals surface area contributed by atoms with Gasteiger partial charge in [0.25, 0.3) is 0 Å². The molecule has 0 heterocycles. The first kappa shape index (κ1) is 9.03. The molecular formula is C8H9ClN2O. The molecule has 1 atom stereocenters. The Morgan fingerprint density at radius 1 is 1.50 bits per heavy atom. The molecule has 0 fully saturated rings. The maximum Gasteiger partial charge on any atom is 0.137 e. The predicted molar refractivity (Wildman–Crippen MR) is 48.3 cm³/mol. The summed E-state index contributed by atoms with van der Waals surface area (Å²) in [4.78, 5) is 0. The lowest BCUT2D eigenvalue weighted by molar-refractivity contribution is 0.245. The van der Waals surface area contributed by atoms with Crippen molar-refractivity contribution in [2.24, 2.45) is 5.73 Å². The number of aliphatic hydroxyl groups excluding tert-OH is 1. The van der Waals surface area contributed by atoms with Crippen molar-refractivity contribution in [3.8, 4) is 0 Å². The molecule has 1 aromatic carbocycles. The van der Waals surface area contributed by atoms with Crippen molar-refractivity contribution in [3.05, 3.63) is 34.9 Å². The summed E-state index contributed by atoms with van der Waals surface area (Å²) in [5.41, 5.74) is 5.58. The van der Waals surface area contributed by atoms with Crippen LogP contribution in [0.3, 0.4) is 0 Å². The molecule has 0 bridgehead atoms. The van der Waals surface area contributed by atoms with Gasteiger partial charge in [-0.3, -0.25) is 5.41 Å². The van der Waals surface area contributed by atoms with E-state index >= 15 is 0 Å². The normalized spacial score (nSPS) is 12.5. The molecule has 0 saturated carbocycles. The Morgan fingerprint density at radius 3 is 2.58 bits per heavy atom. The third kappa shape index (κ3) is 1.75. The van der Waals surface area contributed by atoms with Crippen LogP contribution in [0.25, 0.3) is 0 Å². The summed E-state index contributed by atoms with van der Waals surface area (Å²) in [6.07, 6.45) is -1.10. The van der Waals surface area contributed by atoms with Gasteiger partial charge < -0.3 is 10.8 Å². The second-order valence-electron chi connectivity index (χ2n) is 2.38. The molecule has 0 saturated heterocycles. The molecule has 0 radical (unpaired) electrons. The van der Waals surface area contributed by atoms with Crippen LogP contribution >= 0.6 is 11.6 Å². The molecule has 0 spiro atoms. The van der Waals surface area contributed by atoms with Crippen LogP contribution in [0.1, 0.15) is 11.7 Å². The number of halogens is 1. The van der Waals surface area contributed by atoms with Gasteiger partial charge in [-0.1, -0.05) is 29.8 Å². The Kier molecular flexibility index (Phi) is 2.68. The maximum absolute atomic E-state index is 9.34. The van der Waals surface area contributed by atoms with E-state index in [0.717, 1.165) is 0 Å². The minimum Gasteiger partial charge on any atom is -0.385 e. The van der Waals surface area contributed by atoms with Crippen LogP contribution in [0.2, 0.25) is 5.02 Å². The fraction of sp³-hybridized carbons (Fsp3) is 0.125. The van der Waals surface area contributed by atoms with E-state index in [1.807, 2.05) is 0 Å². The lowest BCUT2D eigenvalue weighted by Gasteiger charge is -2.09. The first-order valence-electron chi connectivity index (χ1n) is 3.39. The summed E-state index contributed by atoms with van der Waals surface area (Å²) >= 11 is 5.75. The average Bonchev–Trinajstić information content (AvgIpc) is 2.04. The number of rotatable bonds is 2. The standard InChI is InChI=1S/C8H9ClN2O/c9-6-4-2-1-3-5(6)7(12)8(10)11/h1-4,7,12H,(H3,10,11). The average molecular weight is 185 g/mol. The summed E-state index contributed by atoms with van der Waals surface area (Å²) < 4.78 is 0. The van der Waals surface area contributed by atoms with Gasteiger partial charge in [0.1, 0.15) is 11.9 Å². The fourth-order valence-corrected chi connectivity index (χ4v) is 1.10. The van der Waals surface area contributed by atoms with Crippen LogP contribution in [0, 0.1) is 5.41 Å². The van der Waals surface area contributed by atoms with Crippen molar-refractivity contribution in [1.29, 1.82) is 5.41 Å². The van der Waals surface area contributed by atoms with Crippen molar-refractivity contribution in [2.45, 2.75) is 6.10 Å². The van der Waals surface area contributed by atoms with Crippen molar-refractivity contribution < 1.29 is 5.11 Å². The highest BCUT2D eigenvalue weighted by molar-refractivity contribution is 6.31. The van der Waals surface area contributed by atoms with Crippen LogP contribution in [-0.4, -0.2) is 10.9 Å². The van der Waals surface area contributed by atoms with E-state index in [4.69, 9.17) is 22.7 Å². The van der Waals surface area contributed by atoms with Gasteiger partial charge in [0.15, 0.2) is 0 Å². The summed E-state index contributed by atoms with van der Waals surface area (Å²) in [5.74, 6) is -0.303. The smallest absolute Gasteiger partial charge is 0.137 e. The zero-order valence-corrected chi connectivity index (χ0v) is 7.05. The Labute approximate surface area is 75.3 Å². The molecule has 3 nitrogen and oxygen atoms in total. The predicted octanol–water partition coefficient (Wildman–Crippen LogP) is 1.31. The highest BCUT2D eigenvalue weighted by Crippen LogP contribution is 2.21. The number of nitrogens with two attached hydrogens (primary N) is 1. The van der Waals surface area contributed by atoms with E-state index in [1.165, 1.54) is 0 Å². The van der Waals surface area contributed by atoms with Crippen molar-refractivity contribution >= 4 is 17.4 Å². The number of hydrogen-bond acceptors (Lipinski definition) is 2. The highest BCUT2D eigenvalue weighted by atomic mass is 35.5. The van der Waals surface area contributed by atoms with Gasteiger partial charge in [-0.25, -0.2) is 0 Å². The molecule has 1 unspecified atom stereocenters. The third-order valence-corrected chi connectivity index (χ3v) is 1.84. The first-order chi connectivity index (χ1) is 5.63. The quantitative estimate of drug-likeness (QED) is 0.479. The molecule has 1 aromatic rings. The zero-order valence-electron chi connectivity index (χ0n) is 6.29. The van der Waals surface area contributed by atoms with Gasteiger partial charge in [-0.15, -0.1) is 0 Å². The Morgan fingerprint density at radius 2 is 2.08 bits per heavy atom. The zero-order chi connectivity index (χ0) is 9.14. The fourth-order valence-electron chi connectivity index (χ4n) is 0.864. The Hall–Kier alpha value is -1.06. The minimum absolute atomic E-state index is 0.303. The van der Waals surface area contributed by atoms with Crippen molar-refractivity contribution in [3.63, 3.8) is 0 Å². The molecule has 4 heteroatoms. The summed E-state index contributed by atoms with van der Waals surface area (Å²) in [6.45, 7) is 0. The van der Waals surface area contributed by atoms with E-state index in [2.05, 4.69) is 0 Å². The van der Waals surface area contributed by atoms with Gasteiger partial charge in [-0.2, -0.15) is 0 Å².